The van der Waals surface area contributed by atoms with Crippen LogP contribution in [-0.2, 0) is 4.79 Å². The lowest BCUT2D eigenvalue weighted by atomic mass is 10.2. The third kappa shape index (κ3) is 2.55. The predicted octanol–water partition coefficient (Wildman–Crippen LogP) is 2.50. The first kappa shape index (κ1) is 11.2. The molecule has 0 aliphatic heterocycles. The third-order valence-electron chi connectivity index (χ3n) is 1.53. The standard InChI is InChI=1S/C9H4F4O2/c10-5-3-7(12)6(11)1-4(5)2-8(13)9(14)15/h1-3H,(H,14,15)/b8-2-. The van der Waals surface area contributed by atoms with E-state index in [4.69, 9.17) is 5.11 Å². The van der Waals surface area contributed by atoms with E-state index in [0.29, 0.717) is 6.07 Å². The minimum atomic E-state index is -1.92. The molecule has 6 heteroatoms. The van der Waals surface area contributed by atoms with Crippen LogP contribution < -0.4 is 0 Å². The Morgan fingerprint density at radius 1 is 1.13 bits per heavy atom. The molecular weight excluding hydrogens is 216 g/mol. The highest BCUT2D eigenvalue weighted by molar-refractivity contribution is 5.89. The molecule has 0 saturated carbocycles. The summed E-state index contributed by atoms with van der Waals surface area (Å²) >= 11 is 0. The highest BCUT2D eigenvalue weighted by Crippen LogP contribution is 2.17. The summed E-state index contributed by atoms with van der Waals surface area (Å²) in [6, 6.07) is 0.573. The van der Waals surface area contributed by atoms with Crippen LogP contribution in [0.1, 0.15) is 5.56 Å². The molecular formula is C9H4F4O2. The van der Waals surface area contributed by atoms with Gasteiger partial charge in [-0.1, -0.05) is 0 Å². The minimum absolute atomic E-state index is 0.205. The topological polar surface area (TPSA) is 37.3 Å². The van der Waals surface area contributed by atoms with E-state index in [9.17, 15) is 22.4 Å². The average Bonchev–Trinajstić information content (AvgIpc) is 2.13. The van der Waals surface area contributed by atoms with Crippen molar-refractivity contribution in [2.45, 2.75) is 0 Å². The summed E-state index contributed by atoms with van der Waals surface area (Å²) < 4.78 is 50.3. The smallest absolute Gasteiger partial charge is 0.364 e. The minimum Gasteiger partial charge on any atom is -0.476 e. The molecule has 0 spiro atoms. The van der Waals surface area contributed by atoms with E-state index >= 15 is 0 Å². The molecule has 0 aliphatic rings. The number of benzene rings is 1. The SMILES string of the molecule is O=C(O)/C(F)=C/c1cc(F)c(F)cc1F. The summed E-state index contributed by atoms with van der Waals surface area (Å²) in [6.07, 6.45) is 0.264. The molecule has 0 saturated heterocycles. The molecule has 1 aromatic carbocycles. The maximum atomic E-state index is 12.8. The Labute approximate surface area is 81.5 Å². The maximum Gasteiger partial charge on any atom is 0.364 e. The number of aliphatic carboxylic acids is 1. The van der Waals surface area contributed by atoms with E-state index in [1.54, 1.807) is 0 Å². The van der Waals surface area contributed by atoms with Crippen LogP contribution in [0.3, 0.4) is 0 Å². The lowest BCUT2D eigenvalue weighted by Crippen LogP contribution is -1.96. The average molecular weight is 220 g/mol. The lowest BCUT2D eigenvalue weighted by Gasteiger charge is -1.98. The highest BCUT2D eigenvalue weighted by atomic mass is 19.2. The van der Waals surface area contributed by atoms with Crippen molar-refractivity contribution in [3.8, 4) is 0 Å². The Hall–Kier alpha value is -1.85. The van der Waals surface area contributed by atoms with Crippen LogP contribution in [0.4, 0.5) is 17.6 Å². The molecule has 15 heavy (non-hydrogen) atoms. The first-order valence-corrected chi connectivity index (χ1v) is 3.67. The van der Waals surface area contributed by atoms with Gasteiger partial charge >= 0.3 is 5.97 Å². The number of rotatable bonds is 2. The molecule has 1 aromatic rings. The van der Waals surface area contributed by atoms with Gasteiger partial charge in [0.25, 0.3) is 0 Å². The molecule has 80 valence electrons. The van der Waals surface area contributed by atoms with Gasteiger partial charge in [0.1, 0.15) is 5.82 Å². The monoisotopic (exact) mass is 220 g/mol. The molecule has 2 nitrogen and oxygen atoms in total. The predicted molar refractivity (Wildman–Crippen MR) is 43.0 cm³/mol. The van der Waals surface area contributed by atoms with E-state index < -0.39 is 34.8 Å². The van der Waals surface area contributed by atoms with Crippen molar-refractivity contribution in [3.05, 3.63) is 41.0 Å². The summed E-state index contributed by atoms with van der Waals surface area (Å²) in [5.74, 6) is -7.65. The van der Waals surface area contributed by atoms with Gasteiger partial charge in [0, 0.05) is 11.6 Å². The zero-order valence-corrected chi connectivity index (χ0v) is 7.10. The third-order valence-corrected chi connectivity index (χ3v) is 1.53. The van der Waals surface area contributed by atoms with E-state index in [-0.39, 0.29) is 12.1 Å². The molecule has 1 rings (SSSR count). The van der Waals surface area contributed by atoms with Gasteiger partial charge in [-0.25, -0.2) is 18.0 Å². The van der Waals surface area contributed by atoms with Crippen LogP contribution in [0.15, 0.2) is 18.0 Å². The Bertz CT molecular complexity index is 440. The summed E-state index contributed by atoms with van der Waals surface area (Å²) in [5.41, 5.74) is -0.672. The van der Waals surface area contributed by atoms with Crippen molar-refractivity contribution in [2.24, 2.45) is 0 Å². The summed E-state index contributed by atoms with van der Waals surface area (Å²) in [5, 5.41) is 8.12. The second-order valence-electron chi connectivity index (χ2n) is 2.59. The first-order valence-electron chi connectivity index (χ1n) is 3.67. The van der Waals surface area contributed by atoms with Crippen LogP contribution in [0, 0.1) is 17.5 Å². The van der Waals surface area contributed by atoms with Crippen molar-refractivity contribution in [2.75, 3.05) is 0 Å². The fraction of sp³-hybridized carbons (Fsp3) is 0. The Morgan fingerprint density at radius 2 is 1.67 bits per heavy atom. The Balaban J connectivity index is 3.22. The summed E-state index contributed by atoms with van der Waals surface area (Å²) in [4.78, 5) is 10.0. The molecule has 0 radical (unpaired) electrons. The largest absolute Gasteiger partial charge is 0.476 e. The summed E-state index contributed by atoms with van der Waals surface area (Å²) in [6.45, 7) is 0. The normalized spacial score (nSPS) is 11.6. The quantitative estimate of drug-likeness (QED) is 0.472. The number of carboxylic acids is 1. The van der Waals surface area contributed by atoms with Gasteiger partial charge in [-0.3, -0.25) is 0 Å². The molecule has 0 fully saturated rings. The van der Waals surface area contributed by atoms with Gasteiger partial charge < -0.3 is 5.11 Å². The molecule has 0 heterocycles. The molecule has 0 bridgehead atoms. The molecule has 0 amide bonds. The van der Waals surface area contributed by atoms with Gasteiger partial charge in [0.2, 0.25) is 5.83 Å². The lowest BCUT2D eigenvalue weighted by molar-refractivity contribution is -0.134. The van der Waals surface area contributed by atoms with Crippen molar-refractivity contribution in [1.82, 2.24) is 0 Å². The molecule has 0 aliphatic carbocycles. The van der Waals surface area contributed by atoms with E-state index in [1.807, 2.05) is 0 Å². The van der Waals surface area contributed by atoms with Gasteiger partial charge in [0.05, 0.1) is 0 Å². The Kier molecular flexibility index (Phi) is 3.08. The van der Waals surface area contributed by atoms with E-state index in [1.165, 1.54) is 0 Å². The number of carbonyl (C=O) groups is 1. The second-order valence-corrected chi connectivity index (χ2v) is 2.59. The zero-order valence-electron chi connectivity index (χ0n) is 7.10. The van der Waals surface area contributed by atoms with Crippen LogP contribution in [0.5, 0.6) is 0 Å². The fourth-order valence-electron chi connectivity index (χ4n) is 0.847. The fourth-order valence-corrected chi connectivity index (χ4v) is 0.847. The highest BCUT2D eigenvalue weighted by Gasteiger charge is 2.11. The van der Waals surface area contributed by atoms with Crippen molar-refractivity contribution in [1.29, 1.82) is 0 Å². The number of hydrogen-bond donors (Lipinski definition) is 1. The van der Waals surface area contributed by atoms with Gasteiger partial charge in [-0.15, -0.1) is 0 Å². The molecule has 1 N–H and O–H groups in total. The van der Waals surface area contributed by atoms with E-state index in [2.05, 4.69) is 0 Å². The first-order chi connectivity index (χ1) is 6.91. The second kappa shape index (κ2) is 4.12. The number of halogens is 4. The van der Waals surface area contributed by atoms with Crippen molar-refractivity contribution in [3.63, 3.8) is 0 Å². The van der Waals surface area contributed by atoms with Crippen LogP contribution in [0.25, 0.3) is 6.08 Å². The molecule has 0 atom stereocenters. The number of carboxylic acid groups (broad SMARTS) is 1. The van der Waals surface area contributed by atoms with E-state index in [0.717, 1.165) is 0 Å². The van der Waals surface area contributed by atoms with Gasteiger partial charge in [-0.2, -0.15) is 4.39 Å². The van der Waals surface area contributed by atoms with Crippen LogP contribution in [0.2, 0.25) is 0 Å². The molecule has 0 unspecified atom stereocenters. The van der Waals surface area contributed by atoms with Crippen molar-refractivity contribution >= 4 is 12.0 Å². The zero-order chi connectivity index (χ0) is 11.6. The van der Waals surface area contributed by atoms with Gasteiger partial charge in [-0.05, 0) is 12.1 Å². The molecule has 0 aromatic heterocycles. The maximum absolute atomic E-state index is 12.8. The summed E-state index contributed by atoms with van der Waals surface area (Å²) in [7, 11) is 0. The van der Waals surface area contributed by atoms with Crippen LogP contribution >= 0.6 is 0 Å². The van der Waals surface area contributed by atoms with Gasteiger partial charge in [0.15, 0.2) is 11.6 Å². The Morgan fingerprint density at radius 3 is 2.20 bits per heavy atom. The van der Waals surface area contributed by atoms with Crippen LogP contribution in [-0.4, -0.2) is 11.1 Å². The van der Waals surface area contributed by atoms with Crippen molar-refractivity contribution < 1.29 is 27.5 Å². The number of hydrogen-bond acceptors (Lipinski definition) is 1.